The van der Waals surface area contributed by atoms with Crippen LogP contribution in [-0.2, 0) is 5.41 Å². The van der Waals surface area contributed by atoms with Crippen LogP contribution in [-0.4, -0.2) is 16.6 Å². The summed E-state index contributed by atoms with van der Waals surface area (Å²) in [5.41, 5.74) is 2.44. The molecule has 21 heavy (non-hydrogen) atoms. The molecular formula is C16H30N4O. The second kappa shape index (κ2) is 8.17. The van der Waals surface area contributed by atoms with Gasteiger partial charge in [-0.2, -0.15) is 4.98 Å². The number of nitrogen functional groups attached to an aromatic ring is 1. The summed E-state index contributed by atoms with van der Waals surface area (Å²) in [6, 6.07) is 1.75. The molecule has 0 saturated heterocycles. The number of anilines is 1. The van der Waals surface area contributed by atoms with Crippen molar-refractivity contribution in [3.63, 3.8) is 0 Å². The lowest BCUT2D eigenvalue weighted by Crippen LogP contribution is -2.20. The predicted molar refractivity (Wildman–Crippen MR) is 87.3 cm³/mol. The van der Waals surface area contributed by atoms with Gasteiger partial charge in [-0.1, -0.05) is 53.9 Å². The molecule has 5 nitrogen and oxygen atoms in total. The van der Waals surface area contributed by atoms with Gasteiger partial charge in [0.2, 0.25) is 5.88 Å². The summed E-state index contributed by atoms with van der Waals surface area (Å²) in [5.74, 6) is 7.97. The van der Waals surface area contributed by atoms with Crippen LogP contribution in [0.15, 0.2) is 6.07 Å². The molecule has 1 atom stereocenters. The Balaban J connectivity index is 2.78. The third-order valence-corrected chi connectivity index (χ3v) is 3.53. The first-order chi connectivity index (χ1) is 9.90. The zero-order chi connectivity index (χ0) is 15.9. The average molecular weight is 294 g/mol. The Hall–Kier alpha value is -1.36. The van der Waals surface area contributed by atoms with E-state index >= 15 is 0 Å². The van der Waals surface area contributed by atoms with E-state index in [-0.39, 0.29) is 5.41 Å². The molecule has 5 heteroatoms. The van der Waals surface area contributed by atoms with Crippen molar-refractivity contribution in [3.8, 4) is 5.88 Å². The number of ether oxygens (including phenoxy) is 1. The smallest absolute Gasteiger partial charge is 0.218 e. The SMILES string of the molecule is CCCCC(CC)COc1cc(NN)nc(C(C)(C)C)n1. The van der Waals surface area contributed by atoms with E-state index in [4.69, 9.17) is 10.6 Å². The molecule has 1 heterocycles. The standard InChI is InChI=1S/C16H30N4O/c1-6-8-9-12(7-2)11-21-14-10-13(20-17)18-15(19-14)16(3,4)5/h10,12H,6-9,11,17H2,1-5H3,(H,18,19,20). The molecular weight excluding hydrogens is 264 g/mol. The molecule has 0 aliphatic rings. The molecule has 0 aliphatic carbocycles. The van der Waals surface area contributed by atoms with E-state index in [9.17, 15) is 0 Å². The maximum atomic E-state index is 5.89. The highest BCUT2D eigenvalue weighted by Gasteiger charge is 2.19. The Labute approximate surface area is 128 Å². The second-order valence-electron chi connectivity index (χ2n) is 6.54. The van der Waals surface area contributed by atoms with Gasteiger partial charge in [0.05, 0.1) is 6.61 Å². The Bertz CT molecular complexity index is 429. The van der Waals surface area contributed by atoms with Crippen LogP contribution in [0.25, 0.3) is 0 Å². The Morgan fingerprint density at radius 2 is 2.00 bits per heavy atom. The largest absolute Gasteiger partial charge is 0.477 e. The number of unbranched alkanes of at least 4 members (excludes halogenated alkanes) is 1. The predicted octanol–water partition coefficient (Wildman–Crippen LogP) is 3.65. The summed E-state index contributed by atoms with van der Waals surface area (Å²) in [5, 5.41) is 0. The first-order valence-electron chi connectivity index (χ1n) is 7.89. The molecule has 0 bridgehead atoms. The number of nitrogens with zero attached hydrogens (tertiary/aromatic N) is 2. The van der Waals surface area contributed by atoms with Crippen LogP contribution in [0.2, 0.25) is 0 Å². The van der Waals surface area contributed by atoms with E-state index in [1.807, 2.05) is 0 Å². The summed E-state index contributed by atoms with van der Waals surface area (Å²) < 4.78 is 5.89. The van der Waals surface area contributed by atoms with Gasteiger partial charge >= 0.3 is 0 Å². The molecule has 1 unspecified atom stereocenters. The number of hydrazine groups is 1. The van der Waals surface area contributed by atoms with Gasteiger partial charge in [0.15, 0.2) is 0 Å². The highest BCUT2D eigenvalue weighted by molar-refractivity contribution is 5.37. The van der Waals surface area contributed by atoms with Crippen molar-refractivity contribution in [2.75, 3.05) is 12.0 Å². The first kappa shape index (κ1) is 17.7. The molecule has 1 aromatic rings. The van der Waals surface area contributed by atoms with Crippen molar-refractivity contribution < 1.29 is 4.74 Å². The van der Waals surface area contributed by atoms with Crippen molar-refractivity contribution in [3.05, 3.63) is 11.9 Å². The zero-order valence-corrected chi connectivity index (χ0v) is 14.1. The van der Waals surface area contributed by atoms with Gasteiger partial charge in [0.1, 0.15) is 11.6 Å². The lowest BCUT2D eigenvalue weighted by molar-refractivity contribution is 0.224. The summed E-state index contributed by atoms with van der Waals surface area (Å²) in [6.45, 7) is 11.3. The lowest BCUT2D eigenvalue weighted by atomic mass is 9.96. The summed E-state index contributed by atoms with van der Waals surface area (Å²) in [4.78, 5) is 8.90. The fourth-order valence-corrected chi connectivity index (χ4v) is 2.01. The Morgan fingerprint density at radius 3 is 2.52 bits per heavy atom. The number of hydrogen-bond donors (Lipinski definition) is 2. The van der Waals surface area contributed by atoms with Crippen LogP contribution in [0.1, 0.15) is 66.1 Å². The second-order valence-corrected chi connectivity index (χ2v) is 6.54. The fourth-order valence-electron chi connectivity index (χ4n) is 2.01. The van der Waals surface area contributed by atoms with Gasteiger partial charge in [0.25, 0.3) is 0 Å². The van der Waals surface area contributed by atoms with E-state index in [2.05, 4.69) is 50.0 Å². The van der Waals surface area contributed by atoms with Gasteiger partial charge in [-0.25, -0.2) is 10.8 Å². The quantitative estimate of drug-likeness (QED) is 0.565. The van der Waals surface area contributed by atoms with Crippen LogP contribution in [0.4, 0.5) is 5.82 Å². The Morgan fingerprint density at radius 1 is 1.29 bits per heavy atom. The molecule has 0 spiro atoms. The van der Waals surface area contributed by atoms with Gasteiger partial charge < -0.3 is 10.2 Å². The topological polar surface area (TPSA) is 73.1 Å². The van der Waals surface area contributed by atoms with Crippen LogP contribution >= 0.6 is 0 Å². The summed E-state index contributed by atoms with van der Waals surface area (Å²) in [7, 11) is 0. The average Bonchev–Trinajstić information content (AvgIpc) is 2.46. The number of hydrogen-bond acceptors (Lipinski definition) is 5. The van der Waals surface area contributed by atoms with Gasteiger partial charge in [-0.3, -0.25) is 0 Å². The van der Waals surface area contributed by atoms with Crippen LogP contribution in [0.5, 0.6) is 5.88 Å². The molecule has 0 aliphatic heterocycles. The maximum absolute atomic E-state index is 5.89. The summed E-state index contributed by atoms with van der Waals surface area (Å²) >= 11 is 0. The molecule has 0 fully saturated rings. The lowest BCUT2D eigenvalue weighted by Gasteiger charge is -2.20. The minimum Gasteiger partial charge on any atom is -0.477 e. The number of aromatic nitrogens is 2. The van der Waals surface area contributed by atoms with Crippen molar-refractivity contribution in [2.45, 2.75) is 65.7 Å². The van der Waals surface area contributed by atoms with E-state index in [1.165, 1.54) is 19.3 Å². The molecule has 1 rings (SSSR count). The maximum Gasteiger partial charge on any atom is 0.218 e. The molecule has 0 amide bonds. The van der Waals surface area contributed by atoms with Crippen LogP contribution in [0.3, 0.4) is 0 Å². The molecule has 0 radical (unpaired) electrons. The molecule has 0 saturated carbocycles. The van der Waals surface area contributed by atoms with E-state index in [1.54, 1.807) is 6.07 Å². The van der Waals surface area contributed by atoms with E-state index < -0.39 is 0 Å². The van der Waals surface area contributed by atoms with Gasteiger partial charge in [-0.15, -0.1) is 0 Å². The zero-order valence-electron chi connectivity index (χ0n) is 14.1. The van der Waals surface area contributed by atoms with Crippen molar-refractivity contribution in [1.29, 1.82) is 0 Å². The number of nitrogens with two attached hydrogens (primary N) is 1. The first-order valence-corrected chi connectivity index (χ1v) is 7.89. The highest BCUT2D eigenvalue weighted by atomic mass is 16.5. The Kier molecular flexibility index (Phi) is 6.89. The van der Waals surface area contributed by atoms with Gasteiger partial charge in [0, 0.05) is 11.5 Å². The van der Waals surface area contributed by atoms with Crippen molar-refractivity contribution in [2.24, 2.45) is 11.8 Å². The van der Waals surface area contributed by atoms with Crippen molar-refractivity contribution >= 4 is 5.82 Å². The van der Waals surface area contributed by atoms with Crippen LogP contribution in [0, 0.1) is 5.92 Å². The monoisotopic (exact) mass is 294 g/mol. The third-order valence-electron chi connectivity index (χ3n) is 3.53. The van der Waals surface area contributed by atoms with E-state index in [0.29, 0.717) is 24.2 Å². The molecule has 1 aromatic heterocycles. The summed E-state index contributed by atoms with van der Waals surface area (Å²) in [6.07, 6.45) is 4.79. The van der Waals surface area contributed by atoms with Gasteiger partial charge in [-0.05, 0) is 12.3 Å². The number of nitrogens with one attached hydrogen (secondary N) is 1. The van der Waals surface area contributed by atoms with Crippen LogP contribution < -0.4 is 16.0 Å². The minimum atomic E-state index is -0.142. The molecule has 3 N–H and O–H groups in total. The third kappa shape index (κ3) is 5.87. The molecule has 0 aromatic carbocycles. The number of rotatable bonds is 8. The fraction of sp³-hybridized carbons (Fsp3) is 0.750. The minimum absolute atomic E-state index is 0.142. The normalized spacial score (nSPS) is 13.0. The van der Waals surface area contributed by atoms with E-state index in [0.717, 1.165) is 12.2 Å². The highest BCUT2D eigenvalue weighted by Crippen LogP contribution is 2.23. The molecule has 120 valence electrons. The van der Waals surface area contributed by atoms with Crippen molar-refractivity contribution in [1.82, 2.24) is 9.97 Å².